The minimum Gasteiger partial charge on any atom is -0.493 e. The fourth-order valence-corrected chi connectivity index (χ4v) is 3.86. The topological polar surface area (TPSA) is 89.5 Å². The average Bonchev–Trinajstić information content (AvgIpc) is 2.95. The van der Waals surface area contributed by atoms with Crippen LogP contribution in [-0.4, -0.2) is 52.6 Å². The number of hydrogen-bond acceptors (Lipinski definition) is 8. The third-order valence-corrected chi connectivity index (χ3v) is 5.77. The second kappa shape index (κ2) is 14.5. The van der Waals surface area contributed by atoms with Crippen LogP contribution in [0.3, 0.4) is 0 Å². The highest BCUT2D eigenvalue weighted by molar-refractivity contribution is 5.89. The number of hydrogen-bond donors (Lipinski definition) is 0. The summed E-state index contributed by atoms with van der Waals surface area (Å²) in [5.41, 5.74) is 2.28. The molecule has 8 heteroatoms. The zero-order valence-corrected chi connectivity index (χ0v) is 22.2. The zero-order valence-electron chi connectivity index (χ0n) is 22.2. The minimum atomic E-state index is -0.528. The molecule has 0 aliphatic carbocycles. The van der Waals surface area contributed by atoms with Gasteiger partial charge in [-0.3, -0.25) is 4.79 Å². The molecule has 0 amide bonds. The molecule has 0 radical (unpaired) electrons. The van der Waals surface area contributed by atoms with Gasteiger partial charge in [-0.15, -0.1) is 0 Å². The number of methoxy groups -OCH3 is 3. The lowest BCUT2D eigenvalue weighted by atomic mass is 10.1. The number of esters is 2. The lowest BCUT2D eigenvalue weighted by molar-refractivity contribution is -0.143. The third kappa shape index (κ3) is 8.16. The Kier molecular flexibility index (Phi) is 10.8. The molecule has 0 unspecified atom stereocenters. The number of carbonyl (C=O) groups is 2. The molecule has 0 aromatic heterocycles. The first-order valence-corrected chi connectivity index (χ1v) is 12.4. The Morgan fingerprint density at radius 3 is 2.05 bits per heavy atom. The van der Waals surface area contributed by atoms with E-state index in [1.807, 2.05) is 36.4 Å². The molecule has 3 aromatic carbocycles. The molecule has 0 spiro atoms. The highest BCUT2D eigenvalue weighted by Gasteiger charge is 2.19. The highest BCUT2D eigenvalue weighted by atomic mass is 16.6. The van der Waals surface area contributed by atoms with E-state index in [2.05, 4.69) is 0 Å². The molecule has 3 rings (SSSR count). The van der Waals surface area contributed by atoms with Crippen molar-refractivity contribution in [3.05, 3.63) is 83.4 Å². The van der Waals surface area contributed by atoms with E-state index in [1.54, 1.807) is 58.6 Å². The normalized spacial score (nSPS) is 11.3. The molecule has 202 valence electrons. The lowest BCUT2D eigenvalue weighted by Crippen LogP contribution is -2.27. The molecule has 38 heavy (non-hydrogen) atoms. The Bertz CT molecular complexity index is 1190. The molecule has 0 aliphatic rings. The summed E-state index contributed by atoms with van der Waals surface area (Å²) in [6, 6.07) is 19.9. The second-order valence-corrected chi connectivity index (χ2v) is 8.39. The van der Waals surface area contributed by atoms with E-state index in [1.165, 1.54) is 0 Å². The van der Waals surface area contributed by atoms with Crippen molar-refractivity contribution in [1.82, 2.24) is 0 Å². The Hall–Kier alpha value is -4.20. The van der Waals surface area contributed by atoms with Crippen LogP contribution in [0.15, 0.2) is 66.7 Å². The first-order chi connectivity index (χ1) is 18.5. The molecule has 0 N–H and O–H groups in total. The summed E-state index contributed by atoms with van der Waals surface area (Å²) >= 11 is 0. The Morgan fingerprint density at radius 1 is 0.737 bits per heavy atom. The van der Waals surface area contributed by atoms with Gasteiger partial charge in [0.25, 0.3) is 0 Å². The van der Waals surface area contributed by atoms with Gasteiger partial charge in [0.05, 0.1) is 33.5 Å². The van der Waals surface area contributed by atoms with Crippen molar-refractivity contribution in [2.24, 2.45) is 0 Å². The van der Waals surface area contributed by atoms with E-state index in [0.29, 0.717) is 48.0 Å². The molecule has 3 aromatic rings. The first kappa shape index (κ1) is 28.4. The summed E-state index contributed by atoms with van der Waals surface area (Å²) in [4.78, 5) is 24.3. The molecule has 0 heterocycles. The smallest absolute Gasteiger partial charge is 0.338 e. The van der Waals surface area contributed by atoms with Gasteiger partial charge in [-0.05, 0) is 60.9 Å². The number of ether oxygens (including phenoxy) is 6. The molecule has 0 fully saturated rings. The summed E-state index contributed by atoms with van der Waals surface area (Å²) in [5, 5.41) is 0. The van der Waals surface area contributed by atoms with Gasteiger partial charge < -0.3 is 28.4 Å². The van der Waals surface area contributed by atoms with E-state index in [4.69, 9.17) is 28.4 Å². The highest BCUT2D eigenvalue weighted by Crippen LogP contribution is 2.32. The standard InChI is InChI=1S/C30H34O8/c1-5-36-29(31)16-13-21-11-15-26(28(18-21)35-4)38-24(20-37-30(32)23-9-7-6-8-10-23)17-22-12-14-25(33-2)27(19-22)34-3/h6-12,14-15,18-19,24H,5,13,16-17,20H2,1-4H3/t24-/m0/s1. The van der Waals surface area contributed by atoms with Gasteiger partial charge in [0.2, 0.25) is 0 Å². The first-order valence-electron chi connectivity index (χ1n) is 12.4. The molecule has 0 aliphatic heterocycles. The fourth-order valence-electron chi connectivity index (χ4n) is 3.86. The molecule has 0 saturated carbocycles. The van der Waals surface area contributed by atoms with Crippen LogP contribution in [0.2, 0.25) is 0 Å². The SMILES string of the molecule is CCOC(=O)CCc1ccc(O[C@H](COC(=O)c2ccccc2)Cc2ccc(OC)c(OC)c2)c(OC)c1. The van der Waals surface area contributed by atoms with Crippen molar-refractivity contribution < 1.29 is 38.0 Å². The van der Waals surface area contributed by atoms with E-state index >= 15 is 0 Å². The zero-order chi connectivity index (χ0) is 27.3. The fraction of sp³-hybridized carbons (Fsp3) is 0.333. The van der Waals surface area contributed by atoms with Crippen LogP contribution in [-0.2, 0) is 27.1 Å². The maximum absolute atomic E-state index is 12.6. The molecular weight excluding hydrogens is 488 g/mol. The van der Waals surface area contributed by atoms with Crippen molar-refractivity contribution in [2.75, 3.05) is 34.5 Å². The van der Waals surface area contributed by atoms with Gasteiger partial charge >= 0.3 is 11.9 Å². The molecule has 1 atom stereocenters. The van der Waals surface area contributed by atoms with Crippen LogP contribution in [0.25, 0.3) is 0 Å². The van der Waals surface area contributed by atoms with Gasteiger partial charge in [-0.2, -0.15) is 0 Å². The van der Waals surface area contributed by atoms with Crippen molar-refractivity contribution in [3.63, 3.8) is 0 Å². The predicted molar refractivity (Wildman–Crippen MR) is 142 cm³/mol. The van der Waals surface area contributed by atoms with Gasteiger partial charge in [0.15, 0.2) is 23.0 Å². The molecule has 8 nitrogen and oxygen atoms in total. The Balaban J connectivity index is 1.79. The maximum Gasteiger partial charge on any atom is 0.338 e. The van der Waals surface area contributed by atoms with Crippen LogP contribution < -0.4 is 18.9 Å². The molecule has 0 saturated heterocycles. The van der Waals surface area contributed by atoms with Gasteiger partial charge in [0.1, 0.15) is 12.7 Å². The van der Waals surface area contributed by atoms with E-state index in [0.717, 1.165) is 11.1 Å². The van der Waals surface area contributed by atoms with Crippen LogP contribution in [0.5, 0.6) is 23.0 Å². The van der Waals surface area contributed by atoms with Crippen molar-refractivity contribution in [2.45, 2.75) is 32.3 Å². The average molecular weight is 523 g/mol. The van der Waals surface area contributed by atoms with E-state index in [9.17, 15) is 9.59 Å². The number of benzene rings is 3. The van der Waals surface area contributed by atoms with E-state index in [-0.39, 0.29) is 19.0 Å². The summed E-state index contributed by atoms with van der Waals surface area (Å²) in [5.74, 6) is 1.53. The largest absolute Gasteiger partial charge is 0.493 e. The minimum absolute atomic E-state index is 0.00976. The predicted octanol–water partition coefficient (Wildman–Crippen LogP) is 5.06. The molecule has 0 bridgehead atoms. The Morgan fingerprint density at radius 2 is 1.37 bits per heavy atom. The van der Waals surface area contributed by atoms with Gasteiger partial charge in [-0.1, -0.05) is 30.3 Å². The summed E-state index contributed by atoms with van der Waals surface area (Å²) < 4.78 is 33.3. The monoisotopic (exact) mass is 522 g/mol. The summed E-state index contributed by atoms with van der Waals surface area (Å²) in [6.07, 6.45) is 0.685. The number of rotatable bonds is 14. The van der Waals surface area contributed by atoms with Crippen LogP contribution >= 0.6 is 0 Å². The Labute approximate surface area is 223 Å². The van der Waals surface area contributed by atoms with Crippen molar-refractivity contribution in [3.8, 4) is 23.0 Å². The lowest BCUT2D eigenvalue weighted by Gasteiger charge is -2.22. The number of aryl methyl sites for hydroxylation is 1. The summed E-state index contributed by atoms with van der Waals surface area (Å²) in [7, 11) is 4.71. The molecular formula is C30H34O8. The third-order valence-electron chi connectivity index (χ3n) is 5.77. The van der Waals surface area contributed by atoms with Gasteiger partial charge in [0, 0.05) is 12.8 Å². The van der Waals surface area contributed by atoms with Crippen molar-refractivity contribution in [1.29, 1.82) is 0 Å². The van der Waals surface area contributed by atoms with Crippen LogP contribution in [0, 0.1) is 0 Å². The summed E-state index contributed by atoms with van der Waals surface area (Å²) in [6.45, 7) is 2.14. The van der Waals surface area contributed by atoms with Gasteiger partial charge in [-0.25, -0.2) is 4.79 Å². The van der Waals surface area contributed by atoms with Crippen LogP contribution in [0.4, 0.5) is 0 Å². The number of carbonyl (C=O) groups excluding carboxylic acids is 2. The quantitative estimate of drug-likeness (QED) is 0.272. The second-order valence-electron chi connectivity index (χ2n) is 8.39. The maximum atomic E-state index is 12.6. The van der Waals surface area contributed by atoms with Crippen molar-refractivity contribution >= 4 is 11.9 Å². The van der Waals surface area contributed by atoms with Crippen LogP contribution in [0.1, 0.15) is 34.8 Å². The van der Waals surface area contributed by atoms with E-state index < -0.39 is 12.1 Å².